The minimum Gasteiger partial charge on any atom is -0.377 e. The third kappa shape index (κ3) is 3.32. The van der Waals surface area contributed by atoms with Crippen LogP contribution >= 0.6 is 0 Å². The number of hydrogen-bond acceptors (Lipinski definition) is 3. The second kappa shape index (κ2) is 6.55. The second-order valence-corrected chi connectivity index (χ2v) is 6.75. The first kappa shape index (κ1) is 13.8. The van der Waals surface area contributed by atoms with Crippen molar-refractivity contribution in [2.75, 3.05) is 26.2 Å². The Morgan fingerprint density at radius 3 is 2.68 bits per heavy atom. The zero-order chi connectivity index (χ0) is 13.1. The maximum atomic E-state index is 5.89. The summed E-state index contributed by atoms with van der Waals surface area (Å²) in [6.07, 6.45) is 10.3. The van der Waals surface area contributed by atoms with Crippen molar-refractivity contribution in [2.24, 2.45) is 5.92 Å². The van der Waals surface area contributed by atoms with Gasteiger partial charge in [0.1, 0.15) is 0 Å². The van der Waals surface area contributed by atoms with Gasteiger partial charge in [0.25, 0.3) is 0 Å². The van der Waals surface area contributed by atoms with E-state index >= 15 is 0 Å². The molecule has 0 spiro atoms. The Kier molecular flexibility index (Phi) is 4.78. The van der Waals surface area contributed by atoms with Crippen molar-refractivity contribution in [3.63, 3.8) is 0 Å². The topological polar surface area (TPSA) is 24.5 Å². The Morgan fingerprint density at radius 1 is 1.11 bits per heavy atom. The summed E-state index contributed by atoms with van der Waals surface area (Å²) in [5.41, 5.74) is 0. The van der Waals surface area contributed by atoms with E-state index in [4.69, 9.17) is 4.74 Å². The van der Waals surface area contributed by atoms with Gasteiger partial charge in [-0.3, -0.25) is 4.90 Å². The van der Waals surface area contributed by atoms with E-state index in [0.29, 0.717) is 12.1 Å². The summed E-state index contributed by atoms with van der Waals surface area (Å²) in [5.74, 6) is 0.924. The molecule has 3 heteroatoms. The molecule has 2 aliphatic heterocycles. The Balaban J connectivity index is 1.54. The molecule has 1 N–H and O–H groups in total. The van der Waals surface area contributed by atoms with Crippen LogP contribution in [0.2, 0.25) is 0 Å². The van der Waals surface area contributed by atoms with Crippen molar-refractivity contribution in [3.05, 3.63) is 0 Å². The summed E-state index contributed by atoms with van der Waals surface area (Å²) < 4.78 is 5.89. The van der Waals surface area contributed by atoms with Gasteiger partial charge in [-0.1, -0.05) is 19.3 Å². The first-order chi connectivity index (χ1) is 9.34. The number of piperazine rings is 1. The van der Waals surface area contributed by atoms with Crippen LogP contribution in [0.1, 0.15) is 51.9 Å². The predicted octanol–water partition coefficient (Wildman–Crippen LogP) is 2.41. The average Bonchev–Trinajstić information content (AvgIpc) is 3.02. The standard InChI is InChI=1S/C16H30N2O/c1-13(16-8-5-11-19-16)18-10-9-17-15(12-18)14-6-3-2-4-7-14/h13-17H,2-12H2,1H3. The first-order valence-corrected chi connectivity index (χ1v) is 8.43. The van der Waals surface area contributed by atoms with Crippen LogP contribution in [-0.2, 0) is 4.74 Å². The molecular weight excluding hydrogens is 236 g/mol. The van der Waals surface area contributed by atoms with Crippen molar-refractivity contribution in [1.82, 2.24) is 10.2 Å². The third-order valence-corrected chi connectivity index (χ3v) is 5.53. The van der Waals surface area contributed by atoms with Crippen molar-refractivity contribution >= 4 is 0 Å². The molecule has 1 aliphatic carbocycles. The Hall–Kier alpha value is -0.120. The van der Waals surface area contributed by atoms with Crippen LogP contribution in [0.15, 0.2) is 0 Å². The third-order valence-electron chi connectivity index (χ3n) is 5.53. The van der Waals surface area contributed by atoms with Crippen LogP contribution in [0.3, 0.4) is 0 Å². The van der Waals surface area contributed by atoms with E-state index < -0.39 is 0 Å². The number of hydrogen-bond donors (Lipinski definition) is 1. The largest absolute Gasteiger partial charge is 0.377 e. The molecule has 3 unspecified atom stereocenters. The predicted molar refractivity (Wildman–Crippen MR) is 78.4 cm³/mol. The molecule has 3 nitrogen and oxygen atoms in total. The van der Waals surface area contributed by atoms with E-state index in [0.717, 1.165) is 25.1 Å². The molecule has 3 fully saturated rings. The van der Waals surface area contributed by atoms with E-state index in [9.17, 15) is 0 Å². The van der Waals surface area contributed by atoms with E-state index in [2.05, 4.69) is 17.1 Å². The highest BCUT2D eigenvalue weighted by Crippen LogP contribution is 2.29. The lowest BCUT2D eigenvalue weighted by Crippen LogP contribution is -2.58. The van der Waals surface area contributed by atoms with Crippen molar-refractivity contribution in [1.29, 1.82) is 0 Å². The van der Waals surface area contributed by atoms with Gasteiger partial charge in [0.2, 0.25) is 0 Å². The Labute approximate surface area is 118 Å². The highest BCUT2D eigenvalue weighted by Gasteiger charge is 2.33. The van der Waals surface area contributed by atoms with Gasteiger partial charge in [0, 0.05) is 38.3 Å². The lowest BCUT2D eigenvalue weighted by Gasteiger charge is -2.43. The number of ether oxygens (including phenoxy) is 1. The average molecular weight is 266 g/mol. The molecule has 110 valence electrons. The van der Waals surface area contributed by atoms with Crippen LogP contribution in [0, 0.1) is 5.92 Å². The van der Waals surface area contributed by atoms with Gasteiger partial charge in [-0.25, -0.2) is 0 Å². The summed E-state index contributed by atoms with van der Waals surface area (Å²) in [6.45, 7) is 6.96. The number of nitrogens with one attached hydrogen (secondary N) is 1. The summed E-state index contributed by atoms with van der Waals surface area (Å²) in [5, 5.41) is 3.78. The van der Waals surface area contributed by atoms with Crippen LogP contribution < -0.4 is 5.32 Å². The molecule has 0 bridgehead atoms. The van der Waals surface area contributed by atoms with Gasteiger partial charge < -0.3 is 10.1 Å². The summed E-state index contributed by atoms with van der Waals surface area (Å²) in [6, 6.07) is 1.34. The summed E-state index contributed by atoms with van der Waals surface area (Å²) in [7, 11) is 0. The van der Waals surface area contributed by atoms with Crippen LogP contribution in [-0.4, -0.2) is 49.3 Å². The Bertz CT molecular complexity index is 272. The molecule has 3 aliphatic rings. The summed E-state index contributed by atoms with van der Waals surface area (Å²) in [4.78, 5) is 2.69. The maximum absolute atomic E-state index is 5.89. The molecule has 19 heavy (non-hydrogen) atoms. The molecule has 0 aromatic rings. The van der Waals surface area contributed by atoms with E-state index in [1.807, 2.05) is 0 Å². The van der Waals surface area contributed by atoms with Crippen molar-refractivity contribution in [3.8, 4) is 0 Å². The van der Waals surface area contributed by atoms with E-state index in [-0.39, 0.29) is 0 Å². The fourth-order valence-electron chi connectivity index (χ4n) is 4.24. The van der Waals surface area contributed by atoms with Gasteiger partial charge in [-0.05, 0) is 38.5 Å². The molecule has 0 aromatic heterocycles. The lowest BCUT2D eigenvalue weighted by atomic mass is 9.83. The maximum Gasteiger partial charge on any atom is 0.0728 e. The zero-order valence-corrected chi connectivity index (χ0v) is 12.4. The molecule has 0 radical (unpaired) electrons. The number of rotatable bonds is 3. The van der Waals surface area contributed by atoms with Crippen LogP contribution in [0.25, 0.3) is 0 Å². The minimum absolute atomic E-state index is 0.491. The molecule has 2 heterocycles. The molecule has 2 saturated heterocycles. The van der Waals surface area contributed by atoms with E-state index in [1.165, 1.54) is 58.0 Å². The van der Waals surface area contributed by atoms with Gasteiger partial charge in [-0.2, -0.15) is 0 Å². The van der Waals surface area contributed by atoms with Crippen LogP contribution in [0.5, 0.6) is 0 Å². The molecule has 0 aromatic carbocycles. The lowest BCUT2D eigenvalue weighted by molar-refractivity contribution is 0.0132. The van der Waals surface area contributed by atoms with Gasteiger partial charge >= 0.3 is 0 Å². The van der Waals surface area contributed by atoms with Gasteiger partial charge in [0.15, 0.2) is 0 Å². The van der Waals surface area contributed by atoms with Gasteiger partial charge in [0.05, 0.1) is 6.10 Å². The molecule has 3 atom stereocenters. The van der Waals surface area contributed by atoms with Crippen molar-refractivity contribution < 1.29 is 4.74 Å². The Morgan fingerprint density at radius 2 is 1.95 bits per heavy atom. The smallest absolute Gasteiger partial charge is 0.0728 e. The first-order valence-electron chi connectivity index (χ1n) is 8.43. The molecular formula is C16H30N2O. The zero-order valence-electron chi connectivity index (χ0n) is 12.4. The summed E-state index contributed by atoms with van der Waals surface area (Å²) >= 11 is 0. The highest BCUT2D eigenvalue weighted by atomic mass is 16.5. The minimum atomic E-state index is 0.491. The van der Waals surface area contributed by atoms with Crippen LogP contribution in [0.4, 0.5) is 0 Å². The monoisotopic (exact) mass is 266 g/mol. The highest BCUT2D eigenvalue weighted by molar-refractivity contribution is 4.90. The molecule has 1 saturated carbocycles. The fourth-order valence-corrected chi connectivity index (χ4v) is 4.24. The fraction of sp³-hybridized carbons (Fsp3) is 1.00. The van der Waals surface area contributed by atoms with E-state index in [1.54, 1.807) is 0 Å². The number of nitrogens with zero attached hydrogens (tertiary/aromatic N) is 1. The molecule has 0 amide bonds. The SMILES string of the molecule is CC(C1CCCO1)N1CCNC(C2CCCCC2)C1. The molecule has 3 rings (SSSR count). The quantitative estimate of drug-likeness (QED) is 0.849. The van der Waals surface area contributed by atoms with Gasteiger partial charge in [-0.15, -0.1) is 0 Å². The normalized spacial score (nSPS) is 36.5. The van der Waals surface area contributed by atoms with Crippen molar-refractivity contribution in [2.45, 2.75) is 70.1 Å². The second-order valence-electron chi connectivity index (χ2n) is 6.75.